The lowest BCUT2D eigenvalue weighted by atomic mass is 10.1. The molecule has 4 aromatic rings. The minimum atomic E-state index is -4.37. The van der Waals surface area contributed by atoms with Crippen LogP contribution in [0.1, 0.15) is 44.2 Å². The quantitative estimate of drug-likeness (QED) is 0.0487. The van der Waals surface area contributed by atoms with Crippen LogP contribution < -0.4 is 9.47 Å². The average Bonchev–Trinajstić information content (AvgIpc) is 3.59. The van der Waals surface area contributed by atoms with Gasteiger partial charge in [-0.05, 0) is 74.7 Å². The van der Waals surface area contributed by atoms with E-state index < -0.39 is 26.0 Å². The molecule has 1 aromatic heterocycles. The Morgan fingerprint density at radius 2 is 1.60 bits per heavy atom. The molecule has 1 aliphatic rings. The normalized spacial score (nSPS) is 15.0. The highest BCUT2D eigenvalue weighted by atomic mass is 35.5. The van der Waals surface area contributed by atoms with Gasteiger partial charge >= 0.3 is 10.1 Å². The smallest absolute Gasteiger partial charge is 0.314 e. The van der Waals surface area contributed by atoms with Crippen LogP contribution in [0.25, 0.3) is 21.9 Å². The molecule has 5 rings (SSSR count). The van der Waals surface area contributed by atoms with Crippen LogP contribution >= 0.6 is 46.3 Å². The van der Waals surface area contributed by atoms with Crippen LogP contribution in [0.3, 0.4) is 0 Å². The summed E-state index contributed by atoms with van der Waals surface area (Å²) in [5.41, 5.74) is 3.57. The molecular formula is C35H40Cl2N3O6S4+. The van der Waals surface area contributed by atoms with Crippen molar-refractivity contribution >= 4 is 94.1 Å². The molecule has 0 saturated heterocycles. The summed E-state index contributed by atoms with van der Waals surface area (Å²) in [6.07, 6.45) is 4.61. The van der Waals surface area contributed by atoms with Crippen molar-refractivity contribution in [1.29, 1.82) is 0 Å². The van der Waals surface area contributed by atoms with E-state index in [1.165, 1.54) is 11.3 Å². The summed E-state index contributed by atoms with van der Waals surface area (Å²) in [7, 11) is -8.18. The second-order valence-corrected chi connectivity index (χ2v) is 18.0. The van der Waals surface area contributed by atoms with E-state index in [-0.39, 0.29) is 16.8 Å². The third-order valence-corrected chi connectivity index (χ3v) is 13.4. The summed E-state index contributed by atoms with van der Waals surface area (Å²) < 4.78 is 69.3. The lowest BCUT2D eigenvalue weighted by molar-refractivity contribution is -1.08. The Morgan fingerprint density at radius 3 is 2.28 bits per heavy atom. The zero-order valence-corrected chi connectivity index (χ0v) is 32.8. The number of hydrogen-bond acceptors (Lipinski definition) is 9. The van der Waals surface area contributed by atoms with Gasteiger partial charge in [-0.15, -0.1) is 0 Å². The molecule has 0 saturated carbocycles. The first-order valence-electron chi connectivity index (χ1n) is 16.3. The van der Waals surface area contributed by atoms with Crippen LogP contribution in [-0.2, 0) is 31.1 Å². The number of thioether (sulfide) groups is 1. The van der Waals surface area contributed by atoms with Gasteiger partial charge in [-0.3, -0.25) is 0 Å². The molecule has 0 unspecified atom stereocenters. The first kappa shape index (κ1) is 38.8. The zero-order chi connectivity index (χ0) is 36.1. The number of fused-ring (bicyclic) bond motifs is 2. The lowest BCUT2D eigenvalue weighted by Crippen LogP contribution is -2.49. The Morgan fingerprint density at radius 1 is 0.920 bits per heavy atom. The molecule has 0 N–H and O–H groups in total. The fraction of sp³-hybridized carbons (Fsp3) is 0.343. The number of anilines is 1. The number of nitrogens with zero attached hydrogens (tertiary/aromatic N) is 3. The van der Waals surface area contributed by atoms with Crippen LogP contribution in [0.15, 0.2) is 82.7 Å². The maximum absolute atomic E-state index is 13.1. The van der Waals surface area contributed by atoms with Crippen molar-refractivity contribution in [3.63, 3.8) is 0 Å². The molecule has 2 heterocycles. The van der Waals surface area contributed by atoms with Crippen molar-refractivity contribution in [2.75, 3.05) is 42.6 Å². The second kappa shape index (κ2) is 16.5. The minimum Gasteiger partial charge on any atom is -0.748 e. The van der Waals surface area contributed by atoms with Gasteiger partial charge in [-0.2, -0.15) is 17.6 Å². The zero-order valence-electron chi connectivity index (χ0n) is 28.0. The second-order valence-electron chi connectivity index (χ2n) is 11.8. The topological polar surface area (TPSA) is 108 Å². The molecule has 0 atom stereocenters. The molecule has 3 aromatic carbocycles. The number of hydrogen-bond donors (Lipinski definition) is 0. The van der Waals surface area contributed by atoms with Gasteiger partial charge in [-0.1, -0.05) is 80.9 Å². The van der Waals surface area contributed by atoms with E-state index in [2.05, 4.69) is 17.1 Å². The monoisotopic (exact) mass is 796 g/mol. The standard InChI is InChI=1S/C35H40Cl2N3O6S4/c1-4-40(5-2,6-3)46-50(44,45)21-11-19-39-31-25-29(37)15-17-33(31)48-35(39)23-27(26-12-8-7-9-13-26)22-34-38(18-10-20-49(41,42)43)30-24-28(36)14-16-32(30)47-34/h7-9,12-17,22-25H,4-6,10-11,18-21H2,1-3H3/q+1. The van der Waals surface area contributed by atoms with Crippen molar-refractivity contribution in [2.45, 2.75) is 45.1 Å². The number of quaternary nitrogens is 1. The number of rotatable bonds is 16. The SMILES string of the molecule is CC[N+](CC)(CC)OS(=O)(=O)CCCN1/C(=C/C(=C/c2sc3ccc(Cl)cc3[n+]2CCCS(=O)(=O)[O-])c2ccccc2)Sc2ccc(Cl)cc21. The number of aromatic nitrogens is 1. The van der Waals surface area contributed by atoms with E-state index in [1.54, 1.807) is 11.8 Å². The van der Waals surface area contributed by atoms with E-state index in [4.69, 9.17) is 27.5 Å². The maximum Gasteiger partial charge on any atom is 0.314 e. The third kappa shape index (κ3) is 9.69. The molecule has 50 heavy (non-hydrogen) atoms. The van der Waals surface area contributed by atoms with E-state index in [1.807, 2.05) is 92.1 Å². The molecule has 1 aliphatic heterocycles. The fourth-order valence-electron chi connectivity index (χ4n) is 5.84. The maximum atomic E-state index is 13.1. The Hall–Kier alpha value is -2.46. The van der Waals surface area contributed by atoms with Gasteiger partial charge in [0.2, 0.25) is 5.52 Å². The van der Waals surface area contributed by atoms with Crippen LogP contribution in [0.4, 0.5) is 5.69 Å². The fourth-order valence-corrected chi connectivity index (χ4v) is 10.2. The van der Waals surface area contributed by atoms with E-state index in [0.717, 1.165) is 42.0 Å². The highest BCUT2D eigenvalue weighted by molar-refractivity contribution is 8.03. The summed E-state index contributed by atoms with van der Waals surface area (Å²) in [4.78, 5) is 3.09. The van der Waals surface area contributed by atoms with E-state index in [9.17, 15) is 21.4 Å². The summed E-state index contributed by atoms with van der Waals surface area (Å²) in [5.74, 6) is -0.610. The molecule has 0 radical (unpaired) electrons. The number of thiazole rings is 1. The van der Waals surface area contributed by atoms with Gasteiger partial charge in [0.15, 0.2) is 6.54 Å². The molecule has 0 aliphatic carbocycles. The van der Waals surface area contributed by atoms with Crippen molar-refractivity contribution in [3.8, 4) is 0 Å². The molecule has 15 heteroatoms. The van der Waals surface area contributed by atoms with Crippen molar-refractivity contribution in [3.05, 3.63) is 98.5 Å². The van der Waals surface area contributed by atoms with Gasteiger partial charge in [0.05, 0.1) is 26.6 Å². The third-order valence-electron chi connectivity index (χ3n) is 8.60. The van der Waals surface area contributed by atoms with E-state index >= 15 is 0 Å². The highest BCUT2D eigenvalue weighted by Gasteiger charge is 2.32. The van der Waals surface area contributed by atoms with Crippen LogP contribution in [0.5, 0.6) is 0 Å². The molecule has 9 nitrogen and oxygen atoms in total. The van der Waals surface area contributed by atoms with Gasteiger partial charge in [0.1, 0.15) is 24.3 Å². The van der Waals surface area contributed by atoms with Gasteiger partial charge < -0.3 is 9.45 Å². The molecule has 0 amide bonds. The largest absolute Gasteiger partial charge is 0.748 e. The minimum absolute atomic E-state index is 0.0490. The Kier molecular flexibility index (Phi) is 12.8. The predicted octanol–water partition coefficient (Wildman–Crippen LogP) is 7.95. The van der Waals surface area contributed by atoms with Crippen molar-refractivity contribution in [2.24, 2.45) is 0 Å². The van der Waals surface area contributed by atoms with Crippen molar-refractivity contribution < 1.29 is 34.9 Å². The van der Waals surface area contributed by atoms with Gasteiger partial charge in [0, 0.05) is 45.8 Å². The Bertz CT molecular complexity index is 2110. The van der Waals surface area contributed by atoms with Crippen LogP contribution in [0.2, 0.25) is 10.0 Å². The van der Waals surface area contributed by atoms with E-state index in [0.29, 0.717) is 49.2 Å². The lowest BCUT2D eigenvalue weighted by Gasteiger charge is -2.31. The molecular weight excluding hydrogens is 758 g/mol. The number of aryl methyl sites for hydroxylation is 1. The Balaban J connectivity index is 1.54. The first-order valence-corrected chi connectivity index (χ1v) is 21.9. The predicted molar refractivity (Wildman–Crippen MR) is 205 cm³/mol. The summed E-state index contributed by atoms with van der Waals surface area (Å²) >= 11 is 15.9. The summed E-state index contributed by atoms with van der Waals surface area (Å²) in [6, 6.07) is 21.2. The molecule has 0 spiro atoms. The highest BCUT2D eigenvalue weighted by Crippen LogP contribution is 2.48. The van der Waals surface area contributed by atoms with Crippen LogP contribution in [-0.4, -0.2) is 63.7 Å². The number of hydroxylamine groups is 3. The van der Waals surface area contributed by atoms with Gasteiger partial charge in [-0.25, -0.2) is 8.42 Å². The Labute approximate surface area is 313 Å². The first-order chi connectivity index (χ1) is 23.7. The summed E-state index contributed by atoms with van der Waals surface area (Å²) in [5, 5.41) is 2.87. The van der Waals surface area contributed by atoms with Crippen LogP contribution in [0, 0.1) is 0 Å². The summed E-state index contributed by atoms with van der Waals surface area (Å²) in [6.45, 7) is 8.13. The number of allylic oxidation sites excluding steroid dienone is 2. The van der Waals surface area contributed by atoms with Gasteiger partial charge in [0.25, 0.3) is 5.01 Å². The van der Waals surface area contributed by atoms with Crippen molar-refractivity contribution in [1.82, 2.24) is 0 Å². The molecule has 268 valence electrons. The number of halogens is 2. The molecule has 0 fully saturated rings. The molecule has 0 bridgehead atoms. The number of benzene rings is 3. The average molecular weight is 798 g/mol.